The number of rotatable bonds is 2. The van der Waals surface area contributed by atoms with Gasteiger partial charge in [-0.1, -0.05) is 6.07 Å². The van der Waals surface area contributed by atoms with E-state index in [2.05, 4.69) is 0 Å². The number of nitrogens with zero attached hydrogens (tertiary/aromatic N) is 2. The lowest BCUT2D eigenvalue weighted by Gasteiger charge is -2.20. The molecule has 0 bridgehead atoms. The van der Waals surface area contributed by atoms with Gasteiger partial charge in [-0.25, -0.2) is 4.39 Å². The fourth-order valence-corrected chi connectivity index (χ4v) is 3.61. The molecule has 0 atom stereocenters. The number of likely N-dealkylation sites (tertiary alicyclic amines) is 1. The summed E-state index contributed by atoms with van der Waals surface area (Å²) < 4.78 is 19.2. The second kappa shape index (κ2) is 7.39. The summed E-state index contributed by atoms with van der Waals surface area (Å²) in [6.07, 6.45) is 2.07. The summed E-state index contributed by atoms with van der Waals surface area (Å²) in [6, 6.07) is 11.1. The molecule has 2 aliphatic rings. The van der Waals surface area contributed by atoms with Gasteiger partial charge < -0.3 is 14.5 Å². The molecule has 2 aromatic carbocycles. The van der Waals surface area contributed by atoms with Crippen LogP contribution in [0.1, 0.15) is 39.1 Å². The minimum absolute atomic E-state index is 0.0163. The lowest BCUT2D eigenvalue weighted by atomic mass is 10.1. The molecule has 0 N–H and O–H groups in total. The summed E-state index contributed by atoms with van der Waals surface area (Å²) >= 11 is 0. The number of fused-ring (bicyclic) bond motifs is 1. The fourth-order valence-electron chi connectivity index (χ4n) is 3.61. The molecule has 6 heteroatoms. The predicted molar refractivity (Wildman–Crippen MR) is 98.2 cm³/mol. The van der Waals surface area contributed by atoms with Crippen molar-refractivity contribution in [3.8, 4) is 5.75 Å². The summed E-state index contributed by atoms with van der Waals surface area (Å²) in [6.45, 7) is 2.66. The van der Waals surface area contributed by atoms with Crippen molar-refractivity contribution < 1.29 is 18.7 Å². The van der Waals surface area contributed by atoms with Gasteiger partial charge in [0.2, 0.25) is 0 Å². The number of carbonyl (C=O) groups excluding carboxylic acids is 2. The van der Waals surface area contributed by atoms with Crippen molar-refractivity contribution >= 4 is 11.8 Å². The van der Waals surface area contributed by atoms with E-state index in [-0.39, 0.29) is 11.8 Å². The number of carbonyl (C=O) groups is 2. The van der Waals surface area contributed by atoms with Crippen LogP contribution in [0.15, 0.2) is 42.5 Å². The van der Waals surface area contributed by atoms with Crippen molar-refractivity contribution in [2.24, 2.45) is 0 Å². The highest BCUT2D eigenvalue weighted by Crippen LogP contribution is 2.26. The number of hydrogen-bond acceptors (Lipinski definition) is 3. The molecule has 0 radical (unpaired) electrons. The summed E-state index contributed by atoms with van der Waals surface area (Å²) in [5.74, 6) is 0.0121. The van der Waals surface area contributed by atoms with Crippen LogP contribution < -0.4 is 4.74 Å². The highest BCUT2D eigenvalue weighted by Gasteiger charge is 2.24. The number of ether oxygens (including phenoxy) is 1. The zero-order chi connectivity index (χ0) is 18.8. The molecule has 0 unspecified atom stereocenters. The van der Waals surface area contributed by atoms with Crippen molar-refractivity contribution in [3.05, 3.63) is 65.0 Å². The van der Waals surface area contributed by atoms with Crippen molar-refractivity contribution in [2.75, 3.05) is 26.2 Å². The second-order valence-electron chi connectivity index (χ2n) is 6.91. The lowest BCUT2D eigenvalue weighted by molar-refractivity contribution is 0.0732. The van der Waals surface area contributed by atoms with Gasteiger partial charge in [-0.05, 0) is 49.2 Å². The largest absolute Gasteiger partial charge is 0.491 e. The molecular weight excluding hydrogens is 347 g/mol. The average molecular weight is 368 g/mol. The molecule has 5 nitrogen and oxygen atoms in total. The predicted octanol–water partition coefficient (Wildman–Crippen LogP) is 3.10. The molecule has 2 aliphatic heterocycles. The first-order valence-electron chi connectivity index (χ1n) is 9.22. The van der Waals surface area contributed by atoms with Crippen LogP contribution in [0.4, 0.5) is 4.39 Å². The van der Waals surface area contributed by atoms with Gasteiger partial charge in [0, 0.05) is 36.3 Å². The van der Waals surface area contributed by atoms with E-state index in [4.69, 9.17) is 4.74 Å². The molecule has 4 rings (SSSR count). The van der Waals surface area contributed by atoms with E-state index >= 15 is 0 Å². The van der Waals surface area contributed by atoms with Crippen LogP contribution in [-0.2, 0) is 6.54 Å². The maximum atomic E-state index is 13.5. The van der Waals surface area contributed by atoms with E-state index in [9.17, 15) is 14.0 Å². The van der Waals surface area contributed by atoms with Crippen LogP contribution >= 0.6 is 0 Å². The quantitative estimate of drug-likeness (QED) is 0.819. The van der Waals surface area contributed by atoms with Gasteiger partial charge in [-0.3, -0.25) is 9.59 Å². The third-order valence-electron chi connectivity index (χ3n) is 5.04. The summed E-state index contributed by atoms with van der Waals surface area (Å²) in [5.41, 5.74) is 1.71. The molecule has 27 heavy (non-hydrogen) atoms. The molecule has 0 aliphatic carbocycles. The molecule has 2 aromatic rings. The highest BCUT2D eigenvalue weighted by molar-refractivity contribution is 5.95. The van der Waals surface area contributed by atoms with Crippen LogP contribution in [-0.4, -0.2) is 47.9 Å². The summed E-state index contributed by atoms with van der Waals surface area (Å²) in [7, 11) is 0. The van der Waals surface area contributed by atoms with E-state index in [1.807, 2.05) is 11.0 Å². The van der Waals surface area contributed by atoms with Crippen molar-refractivity contribution in [2.45, 2.75) is 19.4 Å². The molecule has 1 fully saturated rings. The van der Waals surface area contributed by atoms with Crippen LogP contribution in [0.5, 0.6) is 5.75 Å². The topological polar surface area (TPSA) is 49.9 Å². The van der Waals surface area contributed by atoms with E-state index in [0.717, 1.165) is 31.5 Å². The molecule has 2 heterocycles. The number of benzene rings is 2. The zero-order valence-electron chi connectivity index (χ0n) is 15.0. The number of hydrogen-bond donors (Lipinski definition) is 0. The second-order valence-corrected chi connectivity index (χ2v) is 6.91. The first-order valence-corrected chi connectivity index (χ1v) is 9.22. The third-order valence-corrected chi connectivity index (χ3v) is 5.04. The van der Waals surface area contributed by atoms with Gasteiger partial charge in [0.05, 0.1) is 6.54 Å². The smallest absolute Gasteiger partial charge is 0.254 e. The van der Waals surface area contributed by atoms with Crippen molar-refractivity contribution in [3.63, 3.8) is 0 Å². The Balaban J connectivity index is 1.58. The normalized spacial score (nSPS) is 16.5. The highest BCUT2D eigenvalue weighted by atomic mass is 19.1. The van der Waals surface area contributed by atoms with E-state index < -0.39 is 5.82 Å². The first-order chi connectivity index (χ1) is 13.1. The van der Waals surface area contributed by atoms with Crippen LogP contribution in [0, 0.1) is 5.82 Å². The standard InChI is InChI=1S/C21H21FN2O3/c22-18-5-3-4-15(13-18)21(26)24-10-11-27-19-7-6-16(12-17(19)14-24)20(25)23-8-1-2-9-23/h3-7,12-13H,1-2,8-11,14H2. The summed E-state index contributed by atoms with van der Waals surface area (Å²) in [5, 5.41) is 0. The zero-order valence-corrected chi connectivity index (χ0v) is 15.0. The Morgan fingerprint density at radius 3 is 2.41 bits per heavy atom. The molecule has 0 aromatic heterocycles. The summed E-state index contributed by atoms with van der Waals surface area (Å²) in [4.78, 5) is 28.9. The van der Waals surface area contributed by atoms with Crippen molar-refractivity contribution in [1.82, 2.24) is 9.80 Å². The van der Waals surface area contributed by atoms with E-state index in [1.165, 1.54) is 18.2 Å². The van der Waals surface area contributed by atoms with Crippen LogP contribution in [0.25, 0.3) is 0 Å². The average Bonchev–Trinajstić information content (AvgIpc) is 3.13. The Bertz CT molecular complexity index is 877. The lowest BCUT2D eigenvalue weighted by Crippen LogP contribution is -2.32. The van der Waals surface area contributed by atoms with E-state index in [1.54, 1.807) is 23.1 Å². The number of amides is 2. The minimum atomic E-state index is -0.439. The van der Waals surface area contributed by atoms with Crippen LogP contribution in [0.2, 0.25) is 0 Å². The maximum absolute atomic E-state index is 13.5. The van der Waals surface area contributed by atoms with Gasteiger partial charge >= 0.3 is 0 Å². The Morgan fingerprint density at radius 1 is 0.889 bits per heavy atom. The van der Waals surface area contributed by atoms with Gasteiger partial charge in [0.1, 0.15) is 18.2 Å². The van der Waals surface area contributed by atoms with Gasteiger partial charge in [-0.15, -0.1) is 0 Å². The minimum Gasteiger partial charge on any atom is -0.491 e. The molecule has 140 valence electrons. The fraction of sp³-hybridized carbons (Fsp3) is 0.333. The van der Waals surface area contributed by atoms with Gasteiger partial charge in [0.15, 0.2) is 0 Å². The molecule has 2 amide bonds. The molecule has 1 saturated heterocycles. The Labute approximate surface area is 157 Å². The maximum Gasteiger partial charge on any atom is 0.254 e. The van der Waals surface area contributed by atoms with Gasteiger partial charge in [-0.2, -0.15) is 0 Å². The first kappa shape index (κ1) is 17.5. The van der Waals surface area contributed by atoms with Gasteiger partial charge in [0.25, 0.3) is 11.8 Å². The van der Waals surface area contributed by atoms with E-state index in [0.29, 0.717) is 36.6 Å². The third kappa shape index (κ3) is 3.65. The molecule has 0 spiro atoms. The molecule has 0 saturated carbocycles. The molecular formula is C21H21FN2O3. The Morgan fingerprint density at radius 2 is 1.63 bits per heavy atom. The monoisotopic (exact) mass is 368 g/mol. The number of halogens is 1. The Kier molecular flexibility index (Phi) is 4.79. The van der Waals surface area contributed by atoms with Crippen LogP contribution in [0.3, 0.4) is 0 Å². The SMILES string of the molecule is O=C(c1ccc2c(c1)CN(C(=O)c1cccc(F)c1)CCO2)N1CCCC1. The van der Waals surface area contributed by atoms with Crippen molar-refractivity contribution in [1.29, 1.82) is 0 Å². The Hall–Kier alpha value is -2.89.